The summed E-state index contributed by atoms with van der Waals surface area (Å²) in [5.74, 6) is 0. The van der Waals surface area contributed by atoms with Gasteiger partial charge >= 0.3 is 6.03 Å². The molecule has 1 N–H and O–H groups in total. The number of aromatic nitrogens is 1. The zero-order chi connectivity index (χ0) is 13.8. The zero-order valence-corrected chi connectivity index (χ0v) is 13.9. The van der Waals surface area contributed by atoms with E-state index in [0.29, 0.717) is 13.1 Å². The van der Waals surface area contributed by atoms with Crippen molar-refractivity contribution in [3.63, 3.8) is 0 Å². The smallest absolute Gasteiger partial charge is 0.317 e. The molecule has 0 atom stereocenters. The topological polar surface area (TPSA) is 45.2 Å². The minimum Gasteiger partial charge on any atom is -0.333 e. The zero-order valence-electron chi connectivity index (χ0n) is 10.6. The molecular formula is C12H14BrN3OS2. The minimum atomic E-state index is -0.0878. The molecule has 0 bridgehead atoms. The average molecular weight is 360 g/mol. The Kier molecular flexibility index (Phi) is 4.95. The molecule has 0 saturated carbocycles. The second-order valence-corrected chi connectivity index (χ2v) is 7.69. The van der Waals surface area contributed by atoms with Gasteiger partial charge in [0.05, 0.1) is 27.6 Å². The van der Waals surface area contributed by atoms with Crippen LogP contribution in [0.2, 0.25) is 0 Å². The Labute approximate surface area is 128 Å². The van der Waals surface area contributed by atoms with Gasteiger partial charge in [0.25, 0.3) is 0 Å². The molecule has 0 radical (unpaired) electrons. The van der Waals surface area contributed by atoms with Crippen molar-refractivity contribution < 1.29 is 4.79 Å². The highest BCUT2D eigenvalue weighted by atomic mass is 79.9. The molecular weight excluding hydrogens is 346 g/mol. The third-order valence-electron chi connectivity index (χ3n) is 2.46. The molecule has 2 rings (SSSR count). The SMILES string of the molecule is Cc1nc(CN(C)C(=O)NCc2ccc(Br)s2)cs1. The fourth-order valence-electron chi connectivity index (χ4n) is 1.54. The molecule has 2 aromatic heterocycles. The molecule has 102 valence electrons. The van der Waals surface area contributed by atoms with Crippen LogP contribution in [0.3, 0.4) is 0 Å². The number of urea groups is 1. The van der Waals surface area contributed by atoms with Crippen molar-refractivity contribution in [1.82, 2.24) is 15.2 Å². The summed E-state index contributed by atoms with van der Waals surface area (Å²) in [5, 5.41) is 5.89. The number of hydrogen-bond donors (Lipinski definition) is 1. The Hall–Kier alpha value is -0.920. The molecule has 4 nitrogen and oxygen atoms in total. The van der Waals surface area contributed by atoms with Crippen LogP contribution in [0.1, 0.15) is 15.6 Å². The van der Waals surface area contributed by atoms with Gasteiger partial charge in [-0.2, -0.15) is 0 Å². The third kappa shape index (κ3) is 4.29. The lowest BCUT2D eigenvalue weighted by atomic mass is 10.4. The highest BCUT2D eigenvalue weighted by Crippen LogP contribution is 2.21. The number of carbonyl (C=O) groups excluding carboxylic acids is 1. The van der Waals surface area contributed by atoms with E-state index in [1.54, 1.807) is 34.6 Å². The van der Waals surface area contributed by atoms with Gasteiger partial charge in [0.15, 0.2) is 0 Å². The fraction of sp³-hybridized carbons (Fsp3) is 0.333. The summed E-state index contributed by atoms with van der Waals surface area (Å²) in [6.45, 7) is 3.04. The monoisotopic (exact) mass is 359 g/mol. The molecule has 19 heavy (non-hydrogen) atoms. The molecule has 0 saturated heterocycles. The molecule has 0 aromatic carbocycles. The average Bonchev–Trinajstić information content (AvgIpc) is 2.95. The van der Waals surface area contributed by atoms with Gasteiger partial charge in [0.1, 0.15) is 0 Å². The third-order valence-corrected chi connectivity index (χ3v) is 4.90. The largest absolute Gasteiger partial charge is 0.333 e. The van der Waals surface area contributed by atoms with E-state index in [2.05, 4.69) is 26.2 Å². The highest BCUT2D eigenvalue weighted by molar-refractivity contribution is 9.11. The fourth-order valence-corrected chi connectivity index (χ4v) is 3.57. The van der Waals surface area contributed by atoms with Gasteiger partial charge in [-0.05, 0) is 35.0 Å². The number of thiophene rings is 1. The van der Waals surface area contributed by atoms with Crippen molar-refractivity contribution in [3.05, 3.63) is 36.9 Å². The first-order chi connectivity index (χ1) is 9.04. The molecule has 0 aliphatic rings. The summed E-state index contributed by atoms with van der Waals surface area (Å²) in [6.07, 6.45) is 0. The lowest BCUT2D eigenvalue weighted by Crippen LogP contribution is -2.36. The van der Waals surface area contributed by atoms with Crippen LogP contribution in [0.15, 0.2) is 21.3 Å². The molecule has 2 amide bonds. The lowest BCUT2D eigenvalue weighted by Gasteiger charge is -2.16. The molecule has 0 unspecified atom stereocenters. The summed E-state index contributed by atoms with van der Waals surface area (Å²) >= 11 is 6.62. The van der Waals surface area contributed by atoms with Crippen molar-refractivity contribution in [2.24, 2.45) is 0 Å². The molecule has 0 aliphatic heterocycles. The van der Waals surface area contributed by atoms with Crippen LogP contribution in [-0.2, 0) is 13.1 Å². The van der Waals surface area contributed by atoms with Crippen LogP contribution in [0.4, 0.5) is 4.79 Å². The Morgan fingerprint density at radius 2 is 2.32 bits per heavy atom. The van der Waals surface area contributed by atoms with Gasteiger partial charge < -0.3 is 10.2 Å². The lowest BCUT2D eigenvalue weighted by molar-refractivity contribution is 0.206. The molecule has 2 heterocycles. The van der Waals surface area contributed by atoms with Gasteiger partial charge in [-0.1, -0.05) is 0 Å². The van der Waals surface area contributed by atoms with Gasteiger partial charge in [0, 0.05) is 17.3 Å². The van der Waals surface area contributed by atoms with E-state index in [4.69, 9.17) is 0 Å². The Balaban J connectivity index is 1.82. The van der Waals surface area contributed by atoms with Crippen LogP contribution >= 0.6 is 38.6 Å². The molecule has 7 heteroatoms. The second kappa shape index (κ2) is 6.49. The van der Waals surface area contributed by atoms with Gasteiger partial charge in [-0.3, -0.25) is 0 Å². The number of thiazole rings is 1. The van der Waals surface area contributed by atoms with Gasteiger partial charge in [-0.25, -0.2) is 9.78 Å². The van der Waals surface area contributed by atoms with E-state index < -0.39 is 0 Å². The standard InChI is InChI=1S/C12H14BrN3OS2/c1-8-15-9(7-18-8)6-16(2)12(17)14-5-10-3-4-11(13)19-10/h3-4,7H,5-6H2,1-2H3,(H,14,17). The molecule has 2 aromatic rings. The van der Waals surface area contributed by atoms with E-state index in [9.17, 15) is 4.79 Å². The minimum absolute atomic E-state index is 0.0878. The molecule has 0 spiro atoms. The van der Waals surface area contributed by atoms with Gasteiger partial charge in [0.2, 0.25) is 0 Å². The number of amides is 2. The summed E-state index contributed by atoms with van der Waals surface area (Å²) in [5.41, 5.74) is 0.930. The van der Waals surface area contributed by atoms with Crippen molar-refractivity contribution in [3.8, 4) is 0 Å². The predicted octanol–water partition coefficient (Wildman–Crippen LogP) is 3.62. The first kappa shape index (κ1) is 14.5. The normalized spacial score (nSPS) is 10.5. The number of nitrogens with one attached hydrogen (secondary N) is 1. The van der Waals surface area contributed by atoms with E-state index in [0.717, 1.165) is 19.4 Å². The van der Waals surface area contributed by atoms with Crippen molar-refractivity contribution in [1.29, 1.82) is 0 Å². The van der Waals surface area contributed by atoms with E-state index in [-0.39, 0.29) is 6.03 Å². The molecule has 0 fully saturated rings. The van der Waals surface area contributed by atoms with E-state index in [1.807, 2.05) is 24.4 Å². The first-order valence-corrected chi connectivity index (χ1v) is 8.17. The van der Waals surface area contributed by atoms with Crippen LogP contribution in [-0.4, -0.2) is 23.0 Å². The first-order valence-electron chi connectivity index (χ1n) is 5.69. The highest BCUT2D eigenvalue weighted by Gasteiger charge is 2.10. The Bertz CT molecular complexity index is 567. The summed E-state index contributed by atoms with van der Waals surface area (Å²) in [7, 11) is 1.77. The maximum atomic E-state index is 11.9. The van der Waals surface area contributed by atoms with Crippen LogP contribution < -0.4 is 5.32 Å². The summed E-state index contributed by atoms with van der Waals surface area (Å²) in [6, 6.07) is 3.89. The van der Waals surface area contributed by atoms with Crippen LogP contribution in [0, 0.1) is 6.92 Å². The number of halogens is 1. The van der Waals surface area contributed by atoms with Crippen molar-refractivity contribution >= 4 is 44.6 Å². The van der Waals surface area contributed by atoms with Crippen LogP contribution in [0.5, 0.6) is 0 Å². The predicted molar refractivity (Wildman–Crippen MR) is 82.6 cm³/mol. The van der Waals surface area contributed by atoms with Crippen molar-refractivity contribution in [2.45, 2.75) is 20.0 Å². The maximum absolute atomic E-state index is 11.9. The number of carbonyl (C=O) groups is 1. The quantitative estimate of drug-likeness (QED) is 0.905. The van der Waals surface area contributed by atoms with Crippen LogP contribution in [0.25, 0.3) is 0 Å². The number of aryl methyl sites for hydroxylation is 1. The molecule has 0 aliphatic carbocycles. The second-order valence-electron chi connectivity index (χ2n) is 4.08. The Morgan fingerprint density at radius 3 is 2.89 bits per heavy atom. The van der Waals surface area contributed by atoms with E-state index in [1.165, 1.54) is 0 Å². The Morgan fingerprint density at radius 1 is 1.53 bits per heavy atom. The summed E-state index contributed by atoms with van der Waals surface area (Å²) in [4.78, 5) is 19.0. The van der Waals surface area contributed by atoms with Gasteiger partial charge in [-0.15, -0.1) is 22.7 Å². The van der Waals surface area contributed by atoms with E-state index >= 15 is 0 Å². The number of rotatable bonds is 4. The maximum Gasteiger partial charge on any atom is 0.317 e. The number of hydrogen-bond acceptors (Lipinski definition) is 4. The summed E-state index contributed by atoms with van der Waals surface area (Å²) < 4.78 is 1.07. The number of nitrogens with zero attached hydrogens (tertiary/aromatic N) is 2. The van der Waals surface area contributed by atoms with Crippen molar-refractivity contribution in [2.75, 3.05) is 7.05 Å².